The molecule has 3 N–H and O–H groups in total. The normalized spacial score (nSPS) is 14.4. The molecular formula is C12H20N2O3S. The molecule has 0 aliphatic carbocycles. The highest BCUT2D eigenvalue weighted by Gasteiger charge is 2.12. The molecule has 0 saturated carbocycles. The van der Waals surface area contributed by atoms with Crippen LogP contribution < -0.4 is 5.32 Å². The van der Waals surface area contributed by atoms with E-state index in [1.54, 1.807) is 19.4 Å². The molecule has 102 valence electrons. The Kier molecular flexibility index (Phi) is 5.71. The fourth-order valence-corrected chi connectivity index (χ4v) is 1.89. The summed E-state index contributed by atoms with van der Waals surface area (Å²) in [6, 6.07) is 0. The van der Waals surface area contributed by atoms with Crippen molar-refractivity contribution in [1.82, 2.24) is 10.3 Å². The maximum Gasteiger partial charge on any atom is 0.141 e. The maximum absolute atomic E-state index is 11.2. The van der Waals surface area contributed by atoms with Gasteiger partial charge in [-0.2, -0.15) is 0 Å². The highest BCUT2D eigenvalue weighted by molar-refractivity contribution is 7.84. The van der Waals surface area contributed by atoms with E-state index in [9.17, 15) is 14.4 Å². The van der Waals surface area contributed by atoms with Gasteiger partial charge in [0.2, 0.25) is 0 Å². The van der Waals surface area contributed by atoms with Gasteiger partial charge in [-0.25, -0.2) is 0 Å². The van der Waals surface area contributed by atoms with Crippen LogP contribution in [0.3, 0.4) is 0 Å². The van der Waals surface area contributed by atoms with Crippen molar-refractivity contribution in [3.05, 3.63) is 23.0 Å². The van der Waals surface area contributed by atoms with Crippen molar-refractivity contribution < 1.29 is 14.4 Å². The fraction of sp³-hybridized carbons (Fsp3) is 0.583. The fourth-order valence-electron chi connectivity index (χ4n) is 1.54. The van der Waals surface area contributed by atoms with Crippen LogP contribution in [0.5, 0.6) is 5.75 Å². The highest BCUT2D eigenvalue weighted by atomic mass is 32.2. The van der Waals surface area contributed by atoms with Crippen molar-refractivity contribution >= 4 is 10.8 Å². The van der Waals surface area contributed by atoms with Gasteiger partial charge in [0.15, 0.2) is 0 Å². The second kappa shape index (κ2) is 6.82. The van der Waals surface area contributed by atoms with Crippen LogP contribution in [0, 0.1) is 6.92 Å². The molecule has 6 heteroatoms. The van der Waals surface area contributed by atoms with E-state index < -0.39 is 10.8 Å². The molecule has 1 aromatic heterocycles. The Balaban J connectivity index is 2.72. The van der Waals surface area contributed by atoms with E-state index in [-0.39, 0.29) is 17.6 Å². The molecule has 5 nitrogen and oxygen atoms in total. The number of rotatable bonds is 6. The van der Waals surface area contributed by atoms with Crippen molar-refractivity contribution in [3.8, 4) is 5.75 Å². The lowest BCUT2D eigenvalue weighted by atomic mass is 10.1. The summed E-state index contributed by atoms with van der Waals surface area (Å²) in [5.41, 5.74) is 1.80. The molecule has 2 atom stereocenters. The molecule has 0 saturated heterocycles. The Hall–Kier alpha value is -0.980. The first-order chi connectivity index (χ1) is 8.47. The number of aromatic hydroxyl groups is 1. The van der Waals surface area contributed by atoms with Crippen LogP contribution >= 0.6 is 0 Å². The topological polar surface area (TPSA) is 82.5 Å². The van der Waals surface area contributed by atoms with Crippen LogP contribution in [0.4, 0.5) is 0 Å². The quantitative estimate of drug-likeness (QED) is 0.700. The van der Waals surface area contributed by atoms with Gasteiger partial charge in [0.1, 0.15) is 5.75 Å². The predicted molar refractivity (Wildman–Crippen MR) is 71.8 cm³/mol. The number of hydrogen-bond acceptors (Lipinski definition) is 5. The first-order valence-electron chi connectivity index (χ1n) is 5.77. The van der Waals surface area contributed by atoms with Gasteiger partial charge in [-0.05, 0) is 13.8 Å². The summed E-state index contributed by atoms with van der Waals surface area (Å²) < 4.78 is 11.2. The molecule has 0 aliphatic heterocycles. The van der Waals surface area contributed by atoms with E-state index in [2.05, 4.69) is 10.3 Å². The van der Waals surface area contributed by atoms with Gasteiger partial charge >= 0.3 is 0 Å². The lowest BCUT2D eigenvalue weighted by Crippen LogP contribution is -2.27. The zero-order valence-corrected chi connectivity index (χ0v) is 11.8. The van der Waals surface area contributed by atoms with Gasteiger partial charge in [0.25, 0.3) is 0 Å². The van der Waals surface area contributed by atoms with Crippen LogP contribution in [0.2, 0.25) is 0 Å². The summed E-state index contributed by atoms with van der Waals surface area (Å²) in [4.78, 5) is 4.00. The Bertz CT molecular complexity index is 438. The number of hydrogen-bond donors (Lipinski definition) is 3. The van der Waals surface area contributed by atoms with Crippen molar-refractivity contribution in [2.75, 3.05) is 12.8 Å². The minimum atomic E-state index is -0.872. The second-order valence-corrected chi connectivity index (χ2v) is 6.10. The van der Waals surface area contributed by atoms with Crippen LogP contribution in [-0.4, -0.2) is 37.5 Å². The average Bonchev–Trinajstić information content (AvgIpc) is 2.34. The first kappa shape index (κ1) is 15.1. The Labute approximate surface area is 110 Å². The van der Waals surface area contributed by atoms with E-state index in [0.29, 0.717) is 29.9 Å². The summed E-state index contributed by atoms with van der Waals surface area (Å²) in [5, 5.41) is 22.3. The SMILES string of the molecule is Cc1ncc(CO)c(CNCC(C)S(C)=O)c1O. The number of pyridine rings is 1. The first-order valence-corrected chi connectivity index (χ1v) is 7.39. The Morgan fingerprint density at radius 3 is 2.78 bits per heavy atom. The minimum Gasteiger partial charge on any atom is -0.506 e. The Morgan fingerprint density at radius 2 is 2.22 bits per heavy atom. The third kappa shape index (κ3) is 3.76. The van der Waals surface area contributed by atoms with Crippen molar-refractivity contribution in [1.29, 1.82) is 0 Å². The molecule has 0 aromatic carbocycles. The van der Waals surface area contributed by atoms with Gasteiger partial charge in [0.05, 0.1) is 12.3 Å². The lowest BCUT2D eigenvalue weighted by Gasteiger charge is -2.14. The maximum atomic E-state index is 11.2. The largest absolute Gasteiger partial charge is 0.506 e. The van der Waals surface area contributed by atoms with Crippen LogP contribution in [0.25, 0.3) is 0 Å². The predicted octanol–water partition coefficient (Wildman–Crippen LogP) is 0.445. The minimum absolute atomic E-state index is 0.0488. The molecule has 0 bridgehead atoms. The van der Waals surface area contributed by atoms with Crippen molar-refractivity contribution in [2.24, 2.45) is 0 Å². The number of nitrogens with one attached hydrogen (secondary N) is 1. The molecule has 1 heterocycles. The standard InChI is InChI=1S/C12H20N2O3S/c1-8(18(3)17)4-13-6-11-10(7-15)5-14-9(2)12(11)16/h5,8,13,15-16H,4,6-7H2,1-3H3. The van der Waals surface area contributed by atoms with Gasteiger partial charge in [0, 0.05) is 52.7 Å². The highest BCUT2D eigenvalue weighted by Crippen LogP contribution is 2.23. The monoisotopic (exact) mass is 272 g/mol. The molecular weight excluding hydrogens is 252 g/mol. The van der Waals surface area contributed by atoms with Gasteiger partial charge in [-0.1, -0.05) is 0 Å². The summed E-state index contributed by atoms with van der Waals surface area (Å²) >= 11 is 0. The third-order valence-electron chi connectivity index (χ3n) is 2.90. The average molecular weight is 272 g/mol. The smallest absolute Gasteiger partial charge is 0.141 e. The van der Waals surface area contributed by atoms with Gasteiger partial charge < -0.3 is 15.5 Å². The molecule has 0 spiro atoms. The lowest BCUT2D eigenvalue weighted by molar-refractivity contribution is 0.278. The number of aromatic nitrogens is 1. The third-order valence-corrected chi connectivity index (χ3v) is 4.20. The van der Waals surface area contributed by atoms with E-state index >= 15 is 0 Å². The van der Waals surface area contributed by atoms with Crippen molar-refractivity contribution in [2.45, 2.75) is 32.2 Å². The summed E-state index contributed by atoms with van der Waals surface area (Å²) in [6.07, 6.45) is 3.23. The summed E-state index contributed by atoms with van der Waals surface area (Å²) in [7, 11) is -0.872. The van der Waals surface area contributed by atoms with Crippen LogP contribution in [-0.2, 0) is 24.0 Å². The molecule has 1 aromatic rings. The van der Waals surface area contributed by atoms with Gasteiger partial charge in [-0.15, -0.1) is 0 Å². The van der Waals surface area contributed by atoms with Crippen LogP contribution in [0.15, 0.2) is 6.20 Å². The Morgan fingerprint density at radius 1 is 1.56 bits per heavy atom. The van der Waals surface area contributed by atoms with Gasteiger partial charge in [-0.3, -0.25) is 9.19 Å². The number of aliphatic hydroxyl groups excluding tert-OH is 1. The molecule has 18 heavy (non-hydrogen) atoms. The van der Waals surface area contributed by atoms with E-state index in [0.717, 1.165) is 0 Å². The number of nitrogens with zero attached hydrogens (tertiary/aromatic N) is 1. The van der Waals surface area contributed by atoms with E-state index in [4.69, 9.17) is 0 Å². The summed E-state index contributed by atoms with van der Waals surface area (Å²) in [6.45, 7) is 4.46. The van der Waals surface area contributed by atoms with E-state index in [1.165, 1.54) is 0 Å². The zero-order chi connectivity index (χ0) is 13.7. The molecule has 0 fully saturated rings. The number of aliphatic hydroxyl groups is 1. The molecule has 0 amide bonds. The number of aryl methyl sites for hydroxylation is 1. The molecule has 0 aliphatic rings. The van der Waals surface area contributed by atoms with E-state index in [1.807, 2.05) is 6.92 Å². The second-order valence-electron chi connectivity index (χ2n) is 4.29. The molecule has 0 radical (unpaired) electrons. The summed E-state index contributed by atoms with van der Waals surface area (Å²) in [5.74, 6) is 0.110. The molecule has 1 rings (SSSR count). The zero-order valence-electron chi connectivity index (χ0n) is 10.9. The molecule has 2 unspecified atom stereocenters. The van der Waals surface area contributed by atoms with Crippen LogP contribution in [0.1, 0.15) is 23.7 Å². The van der Waals surface area contributed by atoms with Crippen molar-refractivity contribution in [3.63, 3.8) is 0 Å².